The van der Waals surface area contributed by atoms with Crippen LogP contribution in [0.25, 0.3) is 0 Å². The first-order chi connectivity index (χ1) is 12.9. The molecule has 0 saturated heterocycles. The average Bonchev–Trinajstić information content (AvgIpc) is 3.10. The normalized spacial score (nSPS) is 12.4. The van der Waals surface area contributed by atoms with Gasteiger partial charge in [0, 0.05) is 0 Å². The summed E-state index contributed by atoms with van der Waals surface area (Å²) >= 11 is 17.7. The summed E-state index contributed by atoms with van der Waals surface area (Å²) in [5.41, 5.74) is 2.85. The lowest BCUT2D eigenvalue weighted by atomic mass is 10.1. The smallest absolute Gasteiger partial charge is 0.344 e. The number of anilines is 1. The van der Waals surface area contributed by atoms with Gasteiger partial charge in [-0.3, -0.25) is 4.79 Å². The molecule has 0 unspecified atom stereocenters. The summed E-state index contributed by atoms with van der Waals surface area (Å²) in [7, 11) is 0. The number of hydrogen-bond acceptors (Lipinski definition) is 4. The Morgan fingerprint density at radius 1 is 0.926 bits per heavy atom. The van der Waals surface area contributed by atoms with Crippen LogP contribution in [0.2, 0.25) is 15.1 Å². The molecule has 0 heterocycles. The third kappa shape index (κ3) is 5.28. The molecule has 0 spiro atoms. The minimum Gasteiger partial charge on any atom is -0.482 e. The second-order valence-corrected chi connectivity index (χ2v) is 7.25. The van der Waals surface area contributed by atoms with Gasteiger partial charge in [-0.25, -0.2) is 4.79 Å². The average molecular weight is 429 g/mol. The molecule has 0 radical (unpaired) electrons. The Morgan fingerprint density at radius 2 is 1.67 bits per heavy atom. The van der Waals surface area contributed by atoms with Crippen LogP contribution in [0.3, 0.4) is 0 Å². The fraction of sp³-hybridized carbons (Fsp3) is 0.263. The van der Waals surface area contributed by atoms with Crippen LogP contribution in [0.15, 0.2) is 30.3 Å². The van der Waals surface area contributed by atoms with E-state index in [0.717, 1.165) is 19.3 Å². The maximum atomic E-state index is 11.9. The first-order valence-corrected chi connectivity index (χ1v) is 9.40. The highest BCUT2D eigenvalue weighted by Crippen LogP contribution is 2.32. The predicted molar refractivity (Wildman–Crippen MR) is 105 cm³/mol. The van der Waals surface area contributed by atoms with Crippen molar-refractivity contribution >= 4 is 52.4 Å². The number of amides is 1. The number of fused-ring (bicyclic) bond motifs is 1. The summed E-state index contributed by atoms with van der Waals surface area (Å²) in [5, 5.41) is 3.25. The van der Waals surface area contributed by atoms with Gasteiger partial charge in [0.15, 0.2) is 13.2 Å². The van der Waals surface area contributed by atoms with Gasteiger partial charge in [0.1, 0.15) is 5.75 Å². The monoisotopic (exact) mass is 427 g/mol. The van der Waals surface area contributed by atoms with Crippen molar-refractivity contribution in [3.05, 3.63) is 56.5 Å². The van der Waals surface area contributed by atoms with Crippen LogP contribution in [-0.2, 0) is 27.2 Å². The Morgan fingerprint density at radius 3 is 2.48 bits per heavy atom. The van der Waals surface area contributed by atoms with E-state index in [4.69, 9.17) is 44.3 Å². The summed E-state index contributed by atoms with van der Waals surface area (Å²) in [4.78, 5) is 23.7. The van der Waals surface area contributed by atoms with Gasteiger partial charge in [0.25, 0.3) is 5.91 Å². The summed E-state index contributed by atoms with van der Waals surface area (Å²) < 4.78 is 10.3. The molecule has 0 aromatic heterocycles. The zero-order chi connectivity index (χ0) is 19.4. The Kier molecular flexibility index (Phi) is 6.47. The van der Waals surface area contributed by atoms with Gasteiger partial charge in [-0.15, -0.1) is 0 Å². The molecule has 3 rings (SSSR count). The molecular formula is C19H16Cl3NO4. The molecule has 8 heteroatoms. The maximum Gasteiger partial charge on any atom is 0.344 e. The van der Waals surface area contributed by atoms with Gasteiger partial charge in [0.2, 0.25) is 0 Å². The highest BCUT2D eigenvalue weighted by molar-refractivity contribution is 6.44. The minimum atomic E-state index is -0.647. The van der Waals surface area contributed by atoms with Crippen LogP contribution < -0.4 is 10.1 Å². The van der Waals surface area contributed by atoms with E-state index in [9.17, 15) is 9.59 Å². The zero-order valence-corrected chi connectivity index (χ0v) is 16.5. The Hall–Kier alpha value is -1.95. The molecule has 1 amide bonds. The topological polar surface area (TPSA) is 64.6 Å². The molecule has 1 N–H and O–H groups in total. The van der Waals surface area contributed by atoms with Gasteiger partial charge >= 0.3 is 5.97 Å². The van der Waals surface area contributed by atoms with Gasteiger partial charge < -0.3 is 14.8 Å². The van der Waals surface area contributed by atoms with Crippen molar-refractivity contribution in [3.63, 3.8) is 0 Å². The fourth-order valence-corrected chi connectivity index (χ4v) is 3.37. The number of esters is 1. The van der Waals surface area contributed by atoms with Crippen molar-refractivity contribution in [3.8, 4) is 5.75 Å². The van der Waals surface area contributed by atoms with Gasteiger partial charge in [-0.2, -0.15) is 0 Å². The SMILES string of the molecule is O=C(COC(=O)COc1ccc2c(c1)CCC2)Nc1cc(Cl)c(Cl)cc1Cl. The summed E-state index contributed by atoms with van der Waals surface area (Å²) in [5.74, 6) is -0.591. The van der Waals surface area contributed by atoms with E-state index in [2.05, 4.69) is 5.32 Å². The molecule has 0 fully saturated rings. The standard InChI is InChI=1S/C19H16Cl3NO4/c20-14-7-16(22)17(8-15(14)21)23-18(24)9-27-19(25)10-26-13-5-4-11-2-1-3-12(11)6-13/h4-8H,1-3,9-10H2,(H,23,24). The summed E-state index contributed by atoms with van der Waals surface area (Å²) in [6.45, 7) is -0.747. The van der Waals surface area contributed by atoms with Crippen molar-refractivity contribution in [2.24, 2.45) is 0 Å². The number of rotatable bonds is 6. The first kappa shape index (κ1) is 19.8. The molecule has 5 nitrogen and oxygen atoms in total. The zero-order valence-electron chi connectivity index (χ0n) is 14.2. The van der Waals surface area contributed by atoms with E-state index in [0.29, 0.717) is 5.75 Å². The molecule has 0 atom stereocenters. The second-order valence-electron chi connectivity index (χ2n) is 6.03. The Labute approximate surface area is 171 Å². The lowest BCUT2D eigenvalue weighted by Crippen LogP contribution is -2.23. The van der Waals surface area contributed by atoms with Crippen LogP contribution >= 0.6 is 34.8 Å². The van der Waals surface area contributed by atoms with Crippen LogP contribution in [0.4, 0.5) is 5.69 Å². The summed E-state index contributed by atoms with van der Waals surface area (Å²) in [6, 6.07) is 8.61. The Balaban J connectivity index is 1.45. The molecule has 1 aliphatic rings. The molecular weight excluding hydrogens is 413 g/mol. The number of carbonyl (C=O) groups excluding carboxylic acids is 2. The first-order valence-electron chi connectivity index (χ1n) is 8.27. The molecule has 0 bridgehead atoms. The minimum absolute atomic E-state index is 0.226. The fourth-order valence-electron chi connectivity index (χ4n) is 2.77. The molecule has 0 aliphatic heterocycles. The van der Waals surface area contributed by atoms with Crippen LogP contribution in [-0.4, -0.2) is 25.1 Å². The van der Waals surface area contributed by atoms with Crippen molar-refractivity contribution in [1.82, 2.24) is 0 Å². The van der Waals surface area contributed by atoms with Crippen LogP contribution in [0.1, 0.15) is 17.5 Å². The highest BCUT2D eigenvalue weighted by Gasteiger charge is 2.14. The predicted octanol–water partition coefficient (Wildman–Crippen LogP) is 4.70. The third-order valence-corrected chi connectivity index (χ3v) is 5.11. The molecule has 2 aromatic rings. The van der Waals surface area contributed by atoms with Gasteiger partial charge in [-0.1, -0.05) is 40.9 Å². The van der Waals surface area contributed by atoms with Crippen LogP contribution in [0.5, 0.6) is 5.75 Å². The lowest BCUT2D eigenvalue weighted by molar-refractivity contribution is -0.149. The van der Waals surface area contributed by atoms with E-state index < -0.39 is 18.5 Å². The van der Waals surface area contributed by atoms with E-state index in [1.165, 1.54) is 23.3 Å². The maximum absolute atomic E-state index is 11.9. The van der Waals surface area contributed by atoms with Crippen molar-refractivity contribution in [2.75, 3.05) is 18.5 Å². The van der Waals surface area contributed by atoms with Gasteiger partial charge in [0.05, 0.1) is 20.8 Å². The van der Waals surface area contributed by atoms with Crippen molar-refractivity contribution in [1.29, 1.82) is 0 Å². The number of benzene rings is 2. The lowest BCUT2D eigenvalue weighted by Gasteiger charge is -2.10. The second kappa shape index (κ2) is 8.83. The largest absolute Gasteiger partial charge is 0.482 e. The summed E-state index contributed by atoms with van der Waals surface area (Å²) in [6.07, 6.45) is 3.24. The molecule has 0 saturated carbocycles. The quantitative estimate of drug-likeness (QED) is 0.535. The van der Waals surface area contributed by atoms with E-state index >= 15 is 0 Å². The van der Waals surface area contributed by atoms with E-state index in [-0.39, 0.29) is 27.4 Å². The van der Waals surface area contributed by atoms with Gasteiger partial charge in [-0.05, 0) is 54.7 Å². The molecule has 2 aromatic carbocycles. The van der Waals surface area contributed by atoms with E-state index in [1.54, 1.807) is 0 Å². The highest BCUT2D eigenvalue weighted by atomic mass is 35.5. The van der Waals surface area contributed by atoms with Crippen molar-refractivity contribution in [2.45, 2.75) is 19.3 Å². The van der Waals surface area contributed by atoms with E-state index in [1.807, 2.05) is 18.2 Å². The number of nitrogens with one attached hydrogen (secondary N) is 1. The Bertz CT molecular complexity index is 885. The van der Waals surface area contributed by atoms with Crippen molar-refractivity contribution < 1.29 is 19.1 Å². The number of ether oxygens (including phenoxy) is 2. The van der Waals surface area contributed by atoms with Crippen LogP contribution in [0, 0.1) is 0 Å². The molecule has 27 heavy (non-hydrogen) atoms. The third-order valence-electron chi connectivity index (χ3n) is 4.07. The number of halogens is 3. The molecule has 142 valence electrons. The number of carbonyl (C=O) groups is 2. The molecule has 1 aliphatic carbocycles. The number of hydrogen-bond donors (Lipinski definition) is 1. The number of aryl methyl sites for hydroxylation is 2.